The lowest BCUT2D eigenvalue weighted by Crippen LogP contribution is -2.34. The molecule has 1 unspecified atom stereocenters. The summed E-state index contributed by atoms with van der Waals surface area (Å²) in [5, 5.41) is 7.50. The number of aromatic amines is 1. The van der Waals surface area contributed by atoms with Gasteiger partial charge < -0.3 is 15.4 Å². The van der Waals surface area contributed by atoms with Crippen molar-refractivity contribution in [2.24, 2.45) is 5.92 Å². The lowest BCUT2D eigenvalue weighted by molar-refractivity contribution is -0.145. The van der Waals surface area contributed by atoms with Crippen LogP contribution in [0, 0.1) is 5.92 Å². The van der Waals surface area contributed by atoms with Gasteiger partial charge in [0.1, 0.15) is 0 Å². The number of amides is 1. The van der Waals surface area contributed by atoms with E-state index in [1.54, 1.807) is 32.2 Å². The minimum absolute atomic E-state index is 0.252. The van der Waals surface area contributed by atoms with Gasteiger partial charge in [-0.05, 0) is 18.2 Å². The molecule has 0 bridgehead atoms. The Hall–Kier alpha value is -2.57. The second-order valence-electron chi connectivity index (χ2n) is 4.99. The Morgan fingerprint density at radius 1 is 1.48 bits per heavy atom. The molecule has 1 heterocycles. The summed E-state index contributed by atoms with van der Waals surface area (Å²) in [6, 6.07) is 5.20. The molecule has 3 N–H and O–H groups in total. The lowest BCUT2D eigenvalue weighted by Gasteiger charge is -2.19. The molecule has 0 saturated heterocycles. The fraction of sp³-hybridized carbons (Fsp3) is 0.357. The molecule has 7 nitrogen and oxygen atoms in total. The van der Waals surface area contributed by atoms with Crippen molar-refractivity contribution in [3.63, 3.8) is 0 Å². The molecule has 0 fully saturated rings. The summed E-state index contributed by atoms with van der Waals surface area (Å²) in [7, 11) is 2.94. The molecule has 2 rings (SSSR count). The highest BCUT2D eigenvalue weighted by atomic mass is 16.5. The number of carbonyl (C=O) groups excluding carboxylic acids is 2. The van der Waals surface area contributed by atoms with Crippen LogP contribution >= 0.6 is 0 Å². The first-order valence-corrected chi connectivity index (χ1v) is 6.51. The van der Waals surface area contributed by atoms with E-state index in [2.05, 4.69) is 14.9 Å². The third kappa shape index (κ3) is 2.96. The van der Waals surface area contributed by atoms with Crippen molar-refractivity contribution in [1.29, 1.82) is 0 Å². The van der Waals surface area contributed by atoms with Gasteiger partial charge in [-0.25, -0.2) is 0 Å². The smallest absolute Gasteiger partial charge is 0.310 e. The molecule has 0 aliphatic heterocycles. The molecule has 0 radical (unpaired) electrons. The van der Waals surface area contributed by atoms with E-state index < -0.39 is 5.92 Å². The molecule has 1 aromatic heterocycles. The fourth-order valence-electron chi connectivity index (χ4n) is 2.14. The molecule has 0 saturated carbocycles. The Bertz CT molecular complexity index is 680. The minimum Gasteiger partial charge on any atom is -0.469 e. The Balaban J connectivity index is 2.21. The van der Waals surface area contributed by atoms with Crippen LogP contribution in [-0.2, 0) is 9.53 Å². The second-order valence-corrected chi connectivity index (χ2v) is 4.99. The van der Waals surface area contributed by atoms with Crippen molar-refractivity contribution in [3.05, 3.63) is 23.9 Å². The van der Waals surface area contributed by atoms with Crippen molar-refractivity contribution >= 4 is 28.5 Å². The Morgan fingerprint density at radius 3 is 2.86 bits per heavy atom. The molecule has 1 atom stereocenters. The van der Waals surface area contributed by atoms with Crippen LogP contribution < -0.4 is 5.73 Å². The molecule has 0 spiro atoms. The van der Waals surface area contributed by atoms with Gasteiger partial charge in [-0.1, -0.05) is 6.92 Å². The summed E-state index contributed by atoms with van der Waals surface area (Å²) >= 11 is 0. The molecule has 1 aromatic carbocycles. The van der Waals surface area contributed by atoms with E-state index in [1.165, 1.54) is 12.0 Å². The number of esters is 1. The van der Waals surface area contributed by atoms with E-state index in [0.717, 1.165) is 5.52 Å². The summed E-state index contributed by atoms with van der Waals surface area (Å²) in [6.45, 7) is 1.96. The number of fused-ring (bicyclic) bond motifs is 1. The largest absolute Gasteiger partial charge is 0.469 e. The highest BCUT2D eigenvalue weighted by molar-refractivity contribution is 6.05. The predicted octanol–water partition coefficient (Wildman–Crippen LogP) is 1.03. The Kier molecular flexibility index (Phi) is 4.11. The maximum Gasteiger partial charge on any atom is 0.310 e. The number of hydrogen-bond acceptors (Lipinski definition) is 5. The average Bonchev–Trinajstić information content (AvgIpc) is 2.88. The number of H-pyrrole nitrogens is 1. The van der Waals surface area contributed by atoms with Crippen LogP contribution in [0.5, 0.6) is 0 Å². The Labute approximate surface area is 122 Å². The van der Waals surface area contributed by atoms with E-state index in [9.17, 15) is 9.59 Å². The third-order valence-electron chi connectivity index (χ3n) is 3.29. The number of rotatable bonds is 4. The average molecular weight is 290 g/mol. The number of nitrogen functional groups attached to an aromatic ring is 1. The van der Waals surface area contributed by atoms with E-state index in [-0.39, 0.29) is 24.1 Å². The highest BCUT2D eigenvalue weighted by Gasteiger charge is 2.22. The number of hydrogen-bond donors (Lipinski definition) is 2. The number of methoxy groups -OCH3 is 1. The maximum atomic E-state index is 12.4. The number of carbonyl (C=O) groups is 2. The summed E-state index contributed by atoms with van der Waals surface area (Å²) in [5.41, 5.74) is 7.32. The van der Waals surface area contributed by atoms with Crippen LogP contribution in [0.1, 0.15) is 17.4 Å². The SMILES string of the molecule is COC(=O)C(C)CN(C)C(=O)c1n[nH]c2ccc(N)cc12. The van der Waals surface area contributed by atoms with Crippen molar-refractivity contribution in [2.75, 3.05) is 26.4 Å². The molecular formula is C14H18N4O3. The monoisotopic (exact) mass is 290 g/mol. The highest BCUT2D eigenvalue weighted by Crippen LogP contribution is 2.20. The topological polar surface area (TPSA) is 101 Å². The first kappa shape index (κ1) is 14.8. The van der Waals surface area contributed by atoms with Gasteiger partial charge in [-0.15, -0.1) is 0 Å². The molecular weight excluding hydrogens is 272 g/mol. The molecule has 21 heavy (non-hydrogen) atoms. The fourth-order valence-corrected chi connectivity index (χ4v) is 2.14. The zero-order valence-corrected chi connectivity index (χ0v) is 12.2. The number of anilines is 1. The van der Waals surface area contributed by atoms with Gasteiger partial charge in [0.25, 0.3) is 5.91 Å². The van der Waals surface area contributed by atoms with Gasteiger partial charge in [0.05, 0.1) is 18.5 Å². The van der Waals surface area contributed by atoms with Crippen LogP contribution in [0.15, 0.2) is 18.2 Å². The summed E-state index contributed by atoms with van der Waals surface area (Å²) in [4.78, 5) is 25.3. The van der Waals surface area contributed by atoms with E-state index in [4.69, 9.17) is 5.73 Å². The van der Waals surface area contributed by atoms with Gasteiger partial charge in [-0.2, -0.15) is 5.10 Å². The van der Waals surface area contributed by atoms with Gasteiger partial charge in [0, 0.05) is 24.7 Å². The van der Waals surface area contributed by atoms with Gasteiger partial charge in [0.15, 0.2) is 5.69 Å². The van der Waals surface area contributed by atoms with Crippen LogP contribution in [0.3, 0.4) is 0 Å². The minimum atomic E-state index is -0.403. The Morgan fingerprint density at radius 2 is 2.19 bits per heavy atom. The first-order chi connectivity index (χ1) is 9.93. The second kappa shape index (κ2) is 5.82. The van der Waals surface area contributed by atoms with E-state index >= 15 is 0 Å². The number of ether oxygens (including phenoxy) is 1. The number of nitrogens with one attached hydrogen (secondary N) is 1. The van der Waals surface area contributed by atoms with Gasteiger partial charge >= 0.3 is 5.97 Å². The van der Waals surface area contributed by atoms with Crippen LogP contribution in [-0.4, -0.2) is 47.7 Å². The molecule has 7 heteroatoms. The number of benzene rings is 1. The lowest BCUT2D eigenvalue weighted by atomic mass is 10.1. The van der Waals surface area contributed by atoms with Crippen molar-refractivity contribution in [2.45, 2.75) is 6.92 Å². The van der Waals surface area contributed by atoms with E-state index in [1.807, 2.05) is 0 Å². The summed E-state index contributed by atoms with van der Waals surface area (Å²) in [5.74, 6) is -1.03. The molecule has 112 valence electrons. The van der Waals surface area contributed by atoms with Crippen LogP contribution in [0.2, 0.25) is 0 Å². The van der Waals surface area contributed by atoms with Gasteiger partial charge in [0.2, 0.25) is 0 Å². The normalized spacial score (nSPS) is 12.1. The predicted molar refractivity (Wildman–Crippen MR) is 78.6 cm³/mol. The number of aromatic nitrogens is 2. The van der Waals surface area contributed by atoms with Crippen LogP contribution in [0.25, 0.3) is 10.9 Å². The quantitative estimate of drug-likeness (QED) is 0.647. The van der Waals surface area contributed by atoms with E-state index in [0.29, 0.717) is 11.1 Å². The standard InChI is InChI=1S/C14H18N4O3/c1-8(14(20)21-3)7-18(2)13(19)12-10-6-9(15)4-5-11(10)16-17-12/h4-6,8H,7,15H2,1-3H3,(H,16,17). The number of nitrogens with zero attached hydrogens (tertiary/aromatic N) is 2. The first-order valence-electron chi connectivity index (χ1n) is 6.51. The zero-order valence-electron chi connectivity index (χ0n) is 12.2. The molecule has 0 aliphatic rings. The molecule has 0 aliphatic carbocycles. The molecule has 1 amide bonds. The van der Waals surface area contributed by atoms with Crippen molar-refractivity contribution < 1.29 is 14.3 Å². The van der Waals surface area contributed by atoms with Crippen molar-refractivity contribution in [1.82, 2.24) is 15.1 Å². The number of nitrogens with two attached hydrogens (primary N) is 1. The summed E-state index contributed by atoms with van der Waals surface area (Å²) < 4.78 is 4.65. The maximum absolute atomic E-state index is 12.4. The summed E-state index contributed by atoms with van der Waals surface area (Å²) in [6.07, 6.45) is 0. The van der Waals surface area contributed by atoms with Gasteiger partial charge in [-0.3, -0.25) is 14.7 Å². The van der Waals surface area contributed by atoms with Crippen LogP contribution in [0.4, 0.5) is 5.69 Å². The zero-order chi connectivity index (χ0) is 15.6. The third-order valence-corrected chi connectivity index (χ3v) is 3.29. The van der Waals surface area contributed by atoms with Crippen molar-refractivity contribution in [3.8, 4) is 0 Å². The molecule has 2 aromatic rings.